The topological polar surface area (TPSA) is 127 Å². The Morgan fingerprint density at radius 3 is 2.04 bits per heavy atom. The molecule has 140 valence electrons. The summed E-state index contributed by atoms with van der Waals surface area (Å²) in [5.74, 6) is 0. The lowest BCUT2D eigenvalue weighted by Crippen LogP contribution is -3.10. The van der Waals surface area contributed by atoms with Crippen molar-refractivity contribution in [2.24, 2.45) is 0 Å². The van der Waals surface area contributed by atoms with E-state index in [1.807, 2.05) is 13.8 Å². The van der Waals surface area contributed by atoms with Gasteiger partial charge in [-0.1, -0.05) is 25.0 Å². The minimum Gasteiger partial charge on any atom is -0.383 e. The molecule has 0 aliphatic heterocycles. The number of aldehydes is 1. The summed E-state index contributed by atoms with van der Waals surface area (Å²) < 4.78 is 13.7. The predicted octanol–water partition coefficient (Wildman–Crippen LogP) is 0.0101. The van der Waals surface area contributed by atoms with Gasteiger partial charge in [0.15, 0.2) is 6.29 Å². The number of carbonyl (C=O) groups excluding carboxylic acids is 1. The molecule has 0 spiro atoms. The molecule has 0 amide bonds. The first-order valence-electron chi connectivity index (χ1n) is 7.75. The zero-order valence-electron chi connectivity index (χ0n) is 14.1. The number of hydroxylamine groups is 2. The van der Waals surface area contributed by atoms with E-state index in [1.165, 1.54) is 25.7 Å². The molecule has 1 unspecified atom stereocenters. The van der Waals surface area contributed by atoms with Crippen LogP contribution in [0.1, 0.15) is 46.5 Å². The molecule has 0 saturated heterocycles. The molecular formula is C13H31NO8P+. The van der Waals surface area contributed by atoms with Crippen molar-refractivity contribution in [3.63, 3.8) is 0 Å². The quantitative estimate of drug-likeness (QED) is 0.157. The maximum absolute atomic E-state index is 9.90. The second-order valence-corrected chi connectivity index (χ2v) is 5.78. The molecule has 0 heterocycles. The minimum absolute atomic E-state index is 0.121. The van der Waals surface area contributed by atoms with Gasteiger partial charge >= 0.3 is 7.82 Å². The molecule has 0 fully saturated rings. The third-order valence-electron chi connectivity index (χ3n) is 2.42. The number of unbranched alkanes of at least 4 members (excludes halogenated alkanes) is 3. The Balaban J connectivity index is 0. The van der Waals surface area contributed by atoms with Crippen molar-refractivity contribution in [1.29, 1.82) is 0 Å². The number of nitrogens with one attached hydrogen (secondary N) is 1. The number of hydrogen-bond acceptors (Lipinski definition) is 6. The first-order chi connectivity index (χ1) is 10.8. The van der Waals surface area contributed by atoms with Gasteiger partial charge in [0.2, 0.25) is 0 Å². The smallest absolute Gasteiger partial charge is 0.383 e. The molecule has 0 aromatic heterocycles. The standard InChI is InChI=1S/C10H23NO2.C3H7O6P/c1-4-7-8-9-10-11(12-5-2)13-6-3;4-1-3(5)2-9-10(6,7)8/h4-10H2,1-3H3;1,3,5H,2H2,(H2,6,7,8)/p+1. The van der Waals surface area contributed by atoms with E-state index >= 15 is 0 Å². The van der Waals surface area contributed by atoms with E-state index < -0.39 is 20.5 Å². The van der Waals surface area contributed by atoms with Gasteiger partial charge in [0.25, 0.3) is 0 Å². The highest BCUT2D eigenvalue weighted by atomic mass is 31.2. The van der Waals surface area contributed by atoms with Gasteiger partial charge in [0.1, 0.15) is 25.9 Å². The summed E-state index contributed by atoms with van der Waals surface area (Å²) >= 11 is 0. The van der Waals surface area contributed by atoms with Gasteiger partial charge in [-0.05, 0) is 20.3 Å². The van der Waals surface area contributed by atoms with Crippen LogP contribution in [0.2, 0.25) is 0 Å². The van der Waals surface area contributed by atoms with Gasteiger partial charge in [0, 0.05) is 6.42 Å². The Bertz CT molecular complexity index is 306. The molecule has 23 heavy (non-hydrogen) atoms. The Kier molecular flexibility index (Phi) is 17.8. The van der Waals surface area contributed by atoms with Crippen molar-refractivity contribution >= 4 is 14.1 Å². The van der Waals surface area contributed by atoms with Crippen LogP contribution in [-0.2, 0) is 23.6 Å². The van der Waals surface area contributed by atoms with E-state index in [4.69, 9.17) is 24.6 Å². The fourth-order valence-corrected chi connectivity index (χ4v) is 1.76. The molecule has 4 N–H and O–H groups in total. The zero-order valence-corrected chi connectivity index (χ0v) is 15.0. The molecule has 0 aromatic rings. The predicted molar refractivity (Wildman–Crippen MR) is 83.3 cm³/mol. The number of hydrogen-bond donors (Lipinski definition) is 4. The fourth-order valence-electron chi connectivity index (χ4n) is 1.42. The van der Waals surface area contributed by atoms with Gasteiger partial charge in [-0.2, -0.15) is 9.68 Å². The number of carbonyl (C=O) groups is 1. The third-order valence-corrected chi connectivity index (χ3v) is 2.90. The highest BCUT2D eigenvalue weighted by molar-refractivity contribution is 7.46. The van der Waals surface area contributed by atoms with Crippen LogP contribution in [0.5, 0.6) is 0 Å². The molecule has 0 rings (SSSR count). The van der Waals surface area contributed by atoms with Gasteiger partial charge in [0.05, 0.1) is 6.61 Å². The van der Waals surface area contributed by atoms with Crippen LogP contribution in [0, 0.1) is 0 Å². The maximum Gasteiger partial charge on any atom is 0.469 e. The van der Waals surface area contributed by atoms with Gasteiger partial charge in [-0.3, -0.25) is 4.52 Å². The molecule has 10 heteroatoms. The van der Waals surface area contributed by atoms with E-state index in [0.29, 0.717) is 13.2 Å². The molecule has 0 aliphatic carbocycles. The number of phosphoric acid groups is 1. The zero-order chi connectivity index (χ0) is 18.1. The van der Waals surface area contributed by atoms with Crippen molar-refractivity contribution in [1.82, 2.24) is 0 Å². The average molecular weight is 360 g/mol. The summed E-state index contributed by atoms with van der Waals surface area (Å²) in [5.41, 5.74) is 0. The highest BCUT2D eigenvalue weighted by Gasteiger charge is 2.15. The number of quaternary nitrogens is 1. The Morgan fingerprint density at radius 2 is 1.65 bits per heavy atom. The average Bonchev–Trinajstić information content (AvgIpc) is 2.49. The van der Waals surface area contributed by atoms with E-state index in [0.717, 1.165) is 11.8 Å². The SMILES string of the molecule is CCCCCC[NH+](OCC)OCC.O=CC(O)COP(=O)(O)O. The summed E-state index contributed by atoms with van der Waals surface area (Å²) in [4.78, 5) is 36.4. The van der Waals surface area contributed by atoms with Gasteiger partial charge in [-0.25, -0.2) is 4.57 Å². The second kappa shape index (κ2) is 16.5. The molecule has 9 nitrogen and oxygen atoms in total. The Hall–Kier alpha value is -0.380. The summed E-state index contributed by atoms with van der Waals surface area (Å²) in [6, 6.07) is 0. The van der Waals surface area contributed by atoms with Crippen LogP contribution < -0.4 is 5.23 Å². The molecule has 0 aromatic carbocycles. The minimum atomic E-state index is -4.55. The molecule has 0 saturated carbocycles. The molecule has 0 bridgehead atoms. The first-order valence-corrected chi connectivity index (χ1v) is 9.28. The van der Waals surface area contributed by atoms with Crippen molar-refractivity contribution in [2.45, 2.75) is 52.6 Å². The van der Waals surface area contributed by atoms with Gasteiger partial charge < -0.3 is 19.7 Å². The third kappa shape index (κ3) is 21.6. The first kappa shape index (κ1) is 24.9. The summed E-state index contributed by atoms with van der Waals surface area (Å²) in [6.07, 6.45) is 3.69. The van der Waals surface area contributed by atoms with Gasteiger partial charge in [-0.15, -0.1) is 0 Å². The van der Waals surface area contributed by atoms with E-state index in [9.17, 15) is 9.36 Å². The normalized spacial score (nSPS) is 12.7. The van der Waals surface area contributed by atoms with Crippen molar-refractivity contribution < 1.29 is 43.7 Å². The summed E-state index contributed by atoms with van der Waals surface area (Å²) in [6.45, 7) is 7.90. The second-order valence-electron chi connectivity index (χ2n) is 4.54. The molecular weight excluding hydrogens is 329 g/mol. The number of rotatable bonds is 13. The van der Waals surface area contributed by atoms with Crippen molar-refractivity contribution in [3.8, 4) is 0 Å². The highest BCUT2D eigenvalue weighted by Crippen LogP contribution is 2.35. The molecule has 0 aliphatic rings. The van der Waals surface area contributed by atoms with Crippen molar-refractivity contribution in [2.75, 3.05) is 26.4 Å². The van der Waals surface area contributed by atoms with E-state index in [-0.39, 0.29) is 6.29 Å². The fraction of sp³-hybridized carbons (Fsp3) is 0.923. The lowest BCUT2D eigenvalue weighted by atomic mass is 10.2. The van der Waals surface area contributed by atoms with Crippen LogP contribution in [0.25, 0.3) is 0 Å². The summed E-state index contributed by atoms with van der Waals surface area (Å²) in [7, 11) is -4.55. The Labute approximate surface area is 137 Å². The van der Waals surface area contributed by atoms with E-state index in [1.54, 1.807) is 0 Å². The molecule has 1 atom stereocenters. The van der Waals surface area contributed by atoms with Crippen LogP contribution in [0.4, 0.5) is 0 Å². The number of aliphatic hydroxyl groups is 1. The van der Waals surface area contributed by atoms with Crippen LogP contribution in [0.3, 0.4) is 0 Å². The number of aliphatic hydroxyl groups excluding tert-OH is 1. The van der Waals surface area contributed by atoms with E-state index in [2.05, 4.69) is 11.4 Å². The van der Waals surface area contributed by atoms with Crippen LogP contribution in [0.15, 0.2) is 0 Å². The lowest BCUT2D eigenvalue weighted by molar-refractivity contribution is -1.24. The Morgan fingerprint density at radius 1 is 1.09 bits per heavy atom. The largest absolute Gasteiger partial charge is 0.469 e. The monoisotopic (exact) mass is 360 g/mol. The summed E-state index contributed by atoms with van der Waals surface area (Å²) in [5, 5.41) is 9.21. The van der Waals surface area contributed by atoms with Crippen LogP contribution in [-0.4, -0.2) is 53.6 Å². The number of phosphoric ester groups is 1. The van der Waals surface area contributed by atoms with Crippen molar-refractivity contribution in [3.05, 3.63) is 0 Å². The lowest BCUT2D eigenvalue weighted by Gasteiger charge is -2.13. The molecule has 0 radical (unpaired) electrons. The maximum atomic E-state index is 9.90. The van der Waals surface area contributed by atoms with Crippen LogP contribution >= 0.6 is 7.82 Å².